The molecule has 100 valence electrons. The third-order valence-electron chi connectivity index (χ3n) is 2.68. The average Bonchev–Trinajstić information content (AvgIpc) is 2.37. The first-order chi connectivity index (χ1) is 8.67. The lowest BCUT2D eigenvalue weighted by Crippen LogP contribution is -2.16. The number of carboxylic acid groups (broad SMARTS) is 1. The predicted molar refractivity (Wildman–Crippen MR) is 67.6 cm³/mol. The van der Waals surface area contributed by atoms with Crippen LogP contribution in [0.1, 0.15) is 36.7 Å². The van der Waals surface area contributed by atoms with E-state index in [2.05, 4.69) is 22.2 Å². The van der Waals surface area contributed by atoms with E-state index in [-0.39, 0.29) is 12.3 Å². The Morgan fingerprint density at radius 1 is 1.39 bits per heavy atom. The summed E-state index contributed by atoms with van der Waals surface area (Å²) in [4.78, 5) is 18.3. The molecule has 1 atom stereocenters. The van der Waals surface area contributed by atoms with Crippen LogP contribution in [0.3, 0.4) is 0 Å². The van der Waals surface area contributed by atoms with Crippen molar-refractivity contribution in [3.05, 3.63) is 18.1 Å². The van der Waals surface area contributed by atoms with Crippen molar-refractivity contribution in [2.45, 2.75) is 26.2 Å². The second-order valence-corrected chi connectivity index (χ2v) is 4.14. The van der Waals surface area contributed by atoms with Gasteiger partial charge in [-0.25, -0.2) is 14.8 Å². The molecule has 18 heavy (non-hydrogen) atoms. The topological polar surface area (TPSA) is 95.3 Å². The summed E-state index contributed by atoms with van der Waals surface area (Å²) in [5.74, 6) is -0.141. The maximum absolute atomic E-state index is 10.6. The van der Waals surface area contributed by atoms with Gasteiger partial charge < -0.3 is 15.5 Å². The highest BCUT2D eigenvalue weighted by molar-refractivity contribution is 5.84. The van der Waals surface area contributed by atoms with Crippen LogP contribution in [-0.2, 0) is 0 Å². The van der Waals surface area contributed by atoms with Gasteiger partial charge in [-0.15, -0.1) is 0 Å². The Kier molecular flexibility index (Phi) is 6.07. The molecule has 1 aromatic heterocycles. The summed E-state index contributed by atoms with van der Waals surface area (Å²) in [6.07, 6.45) is 5.49. The van der Waals surface area contributed by atoms with Crippen LogP contribution in [-0.4, -0.2) is 39.3 Å². The summed E-state index contributed by atoms with van der Waals surface area (Å²) >= 11 is 0. The minimum atomic E-state index is -1.09. The third kappa shape index (κ3) is 4.67. The Morgan fingerprint density at radius 2 is 2.17 bits per heavy atom. The Morgan fingerprint density at radius 3 is 2.67 bits per heavy atom. The number of hydrogen-bond donors (Lipinski definition) is 3. The van der Waals surface area contributed by atoms with E-state index in [4.69, 9.17) is 10.2 Å². The van der Waals surface area contributed by atoms with Crippen LogP contribution >= 0.6 is 0 Å². The number of hydrogen-bond acceptors (Lipinski definition) is 5. The molecule has 6 nitrogen and oxygen atoms in total. The van der Waals surface area contributed by atoms with Gasteiger partial charge in [0.05, 0.1) is 12.4 Å². The second-order valence-electron chi connectivity index (χ2n) is 4.14. The zero-order valence-electron chi connectivity index (χ0n) is 10.5. The summed E-state index contributed by atoms with van der Waals surface area (Å²) < 4.78 is 0. The number of aliphatic hydroxyl groups excluding tert-OH is 1. The molecule has 0 bridgehead atoms. The maximum atomic E-state index is 10.6. The van der Waals surface area contributed by atoms with Gasteiger partial charge in [0.15, 0.2) is 5.69 Å². The Bertz CT molecular complexity index is 361. The maximum Gasteiger partial charge on any atom is 0.356 e. The first kappa shape index (κ1) is 14.4. The van der Waals surface area contributed by atoms with Crippen molar-refractivity contribution in [1.29, 1.82) is 0 Å². The third-order valence-corrected chi connectivity index (χ3v) is 2.68. The normalized spacial score (nSPS) is 12.1. The smallest absolute Gasteiger partial charge is 0.356 e. The molecule has 6 heteroatoms. The van der Waals surface area contributed by atoms with E-state index in [1.54, 1.807) is 0 Å². The number of carbonyl (C=O) groups is 1. The molecular weight excluding hydrogens is 234 g/mol. The molecule has 0 aliphatic heterocycles. The van der Waals surface area contributed by atoms with Crippen LogP contribution in [0, 0.1) is 5.92 Å². The average molecular weight is 253 g/mol. The van der Waals surface area contributed by atoms with Crippen molar-refractivity contribution in [1.82, 2.24) is 9.97 Å². The van der Waals surface area contributed by atoms with Gasteiger partial charge in [-0.2, -0.15) is 0 Å². The highest BCUT2D eigenvalue weighted by atomic mass is 16.4. The van der Waals surface area contributed by atoms with Gasteiger partial charge in [0.1, 0.15) is 5.82 Å². The first-order valence-corrected chi connectivity index (χ1v) is 6.07. The molecule has 3 N–H and O–H groups in total. The molecule has 0 aliphatic carbocycles. The van der Waals surface area contributed by atoms with Crippen molar-refractivity contribution >= 4 is 11.8 Å². The molecular formula is C12H19N3O3. The minimum absolute atomic E-state index is 0.0685. The molecule has 0 radical (unpaired) electrons. The highest BCUT2D eigenvalue weighted by Gasteiger charge is 2.08. The minimum Gasteiger partial charge on any atom is -0.476 e. The Hall–Kier alpha value is -1.69. The van der Waals surface area contributed by atoms with Crippen LogP contribution in [0.4, 0.5) is 5.82 Å². The number of anilines is 1. The molecule has 0 aromatic carbocycles. The zero-order valence-corrected chi connectivity index (χ0v) is 10.5. The number of nitrogens with one attached hydrogen (secondary N) is 1. The zero-order chi connectivity index (χ0) is 13.4. The van der Waals surface area contributed by atoms with Crippen molar-refractivity contribution in [3.8, 4) is 0 Å². The van der Waals surface area contributed by atoms with Crippen molar-refractivity contribution in [2.75, 3.05) is 18.5 Å². The molecule has 1 aromatic rings. The van der Waals surface area contributed by atoms with E-state index < -0.39 is 5.97 Å². The standard InChI is InChI=1S/C12H19N3O3/c1-2-3-9(4-5-16)6-14-11-8-13-10(7-15-11)12(17)18/h7-9,16H,2-6H2,1H3,(H,14,15)(H,17,18). The van der Waals surface area contributed by atoms with Gasteiger partial charge in [-0.05, 0) is 18.8 Å². The molecule has 0 amide bonds. The lowest BCUT2D eigenvalue weighted by molar-refractivity contribution is 0.0690. The number of aromatic carboxylic acids is 1. The van der Waals surface area contributed by atoms with Crippen LogP contribution < -0.4 is 5.32 Å². The van der Waals surface area contributed by atoms with Crippen LogP contribution in [0.5, 0.6) is 0 Å². The quantitative estimate of drug-likeness (QED) is 0.648. The molecule has 0 saturated carbocycles. The fourth-order valence-electron chi connectivity index (χ4n) is 1.72. The lowest BCUT2D eigenvalue weighted by Gasteiger charge is -2.15. The molecule has 0 aliphatic rings. The summed E-state index contributed by atoms with van der Waals surface area (Å²) in [6, 6.07) is 0. The summed E-state index contributed by atoms with van der Waals surface area (Å²) in [5.41, 5.74) is -0.0685. The lowest BCUT2D eigenvalue weighted by atomic mass is 10.0. The van der Waals surface area contributed by atoms with Crippen LogP contribution in [0.2, 0.25) is 0 Å². The SMILES string of the molecule is CCCC(CCO)CNc1cnc(C(=O)O)cn1. The summed E-state index contributed by atoms with van der Waals surface area (Å²) in [5, 5.41) is 20.7. The van der Waals surface area contributed by atoms with Gasteiger partial charge in [0.2, 0.25) is 0 Å². The predicted octanol–water partition coefficient (Wildman–Crippen LogP) is 1.39. The van der Waals surface area contributed by atoms with Crippen molar-refractivity contribution < 1.29 is 15.0 Å². The van der Waals surface area contributed by atoms with Gasteiger partial charge >= 0.3 is 5.97 Å². The number of carboxylic acids is 1. The Balaban J connectivity index is 2.48. The van der Waals surface area contributed by atoms with E-state index in [0.717, 1.165) is 19.3 Å². The van der Waals surface area contributed by atoms with Gasteiger partial charge in [-0.3, -0.25) is 0 Å². The fraction of sp³-hybridized carbons (Fsp3) is 0.583. The van der Waals surface area contributed by atoms with E-state index in [9.17, 15) is 4.79 Å². The van der Waals surface area contributed by atoms with E-state index in [1.165, 1.54) is 12.4 Å². The van der Waals surface area contributed by atoms with Crippen LogP contribution in [0.15, 0.2) is 12.4 Å². The highest BCUT2D eigenvalue weighted by Crippen LogP contribution is 2.12. The van der Waals surface area contributed by atoms with Gasteiger partial charge in [-0.1, -0.05) is 13.3 Å². The molecule has 1 rings (SSSR count). The van der Waals surface area contributed by atoms with Crippen molar-refractivity contribution in [3.63, 3.8) is 0 Å². The van der Waals surface area contributed by atoms with Crippen LogP contribution in [0.25, 0.3) is 0 Å². The second kappa shape index (κ2) is 7.60. The first-order valence-electron chi connectivity index (χ1n) is 6.07. The van der Waals surface area contributed by atoms with E-state index in [1.807, 2.05) is 0 Å². The van der Waals surface area contributed by atoms with Crippen molar-refractivity contribution in [2.24, 2.45) is 5.92 Å². The van der Waals surface area contributed by atoms with E-state index >= 15 is 0 Å². The number of rotatable bonds is 8. The molecule has 0 spiro atoms. The molecule has 0 saturated heterocycles. The van der Waals surface area contributed by atoms with Gasteiger partial charge in [0, 0.05) is 13.2 Å². The monoisotopic (exact) mass is 253 g/mol. The summed E-state index contributed by atoms with van der Waals surface area (Å²) in [6.45, 7) is 2.98. The molecule has 0 fully saturated rings. The molecule has 1 heterocycles. The Labute approximate surface area is 106 Å². The van der Waals surface area contributed by atoms with E-state index in [0.29, 0.717) is 18.3 Å². The number of aliphatic hydroxyl groups is 1. The van der Waals surface area contributed by atoms with Gasteiger partial charge in [0.25, 0.3) is 0 Å². The summed E-state index contributed by atoms with van der Waals surface area (Å²) in [7, 11) is 0. The largest absolute Gasteiger partial charge is 0.476 e. The molecule has 1 unspecified atom stereocenters. The number of aromatic nitrogens is 2. The number of nitrogens with zero attached hydrogens (tertiary/aromatic N) is 2. The fourth-order valence-corrected chi connectivity index (χ4v) is 1.72.